The Morgan fingerprint density at radius 1 is 1.26 bits per heavy atom. The molecule has 3 unspecified atom stereocenters. The Balaban J connectivity index is 1.84. The highest BCUT2D eigenvalue weighted by Gasteiger charge is 2.45. The monoisotopic (exact) mass is 332 g/mol. The molecule has 1 aromatic carbocycles. The molecule has 4 heteroatoms. The largest absolute Gasteiger partial charge is 0.387 e. The predicted octanol–water partition coefficient (Wildman–Crippen LogP) is 4.34. The average Bonchev–Trinajstić information content (AvgIpc) is 3.04. The Labute approximate surface area is 143 Å². The second-order valence-electron chi connectivity index (χ2n) is 6.79. The van der Waals surface area contributed by atoms with E-state index in [-0.39, 0.29) is 5.92 Å². The van der Waals surface area contributed by atoms with Crippen LogP contribution in [0.15, 0.2) is 43.0 Å². The molecule has 1 N–H and O–H groups in total. The van der Waals surface area contributed by atoms with Gasteiger partial charge in [-0.3, -0.25) is 0 Å². The second-order valence-corrected chi connectivity index (χ2v) is 7.23. The van der Waals surface area contributed by atoms with Crippen LogP contribution in [0.3, 0.4) is 0 Å². The Bertz CT molecular complexity index is 611. The van der Waals surface area contributed by atoms with Gasteiger partial charge in [-0.2, -0.15) is 0 Å². The Morgan fingerprint density at radius 2 is 2.00 bits per heavy atom. The van der Waals surface area contributed by atoms with Gasteiger partial charge >= 0.3 is 0 Å². The molecular weight excluding hydrogens is 308 g/mol. The maximum absolute atomic E-state index is 11.6. The molecule has 3 nitrogen and oxygen atoms in total. The van der Waals surface area contributed by atoms with Gasteiger partial charge in [-0.25, -0.2) is 4.98 Å². The molecule has 1 aliphatic rings. The topological polar surface area (TPSA) is 38.0 Å². The molecule has 124 valence electrons. The van der Waals surface area contributed by atoms with Crippen LogP contribution in [0.25, 0.3) is 0 Å². The van der Waals surface area contributed by atoms with Crippen LogP contribution < -0.4 is 0 Å². The first-order chi connectivity index (χ1) is 11.1. The van der Waals surface area contributed by atoms with Crippen LogP contribution in [0.1, 0.15) is 38.2 Å². The van der Waals surface area contributed by atoms with Crippen molar-refractivity contribution in [1.82, 2.24) is 9.55 Å². The maximum Gasteiger partial charge on any atom is 0.0946 e. The smallest absolute Gasteiger partial charge is 0.0946 e. The van der Waals surface area contributed by atoms with E-state index in [9.17, 15) is 5.11 Å². The lowest BCUT2D eigenvalue weighted by atomic mass is 9.65. The van der Waals surface area contributed by atoms with Crippen molar-refractivity contribution in [3.8, 4) is 0 Å². The Morgan fingerprint density at radius 3 is 2.65 bits per heavy atom. The van der Waals surface area contributed by atoms with Crippen molar-refractivity contribution in [1.29, 1.82) is 0 Å². The lowest BCUT2D eigenvalue weighted by Crippen LogP contribution is -2.51. The quantitative estimate of drug-likeness (QED) is 0.884. The van der Waals surface area contributed by atoms with Crippen LogP contribution >= 0.6 is 11.6 Å². The summed E-state index contributed by atoms with van der Waals surface area (Å²) in [5.74, 6) is 0.612. The lowest BCUT2D eigenvalue weighted by Gasteiger charge is -2.46. The van der Waals surface area contributed by atoms with E-state index in [0.717, 1.165) is 30.7 Å². The molecule has 1 aromatic heterocycles. The summed E-state index contributed by atoms with van der Waals surface area (Å²) in [6, 6.07) is 8.03. The van der Waals surface area contributed by atoms with Gasteiger partial charge in [0, 0.05) is 17.4 Å². The molecule has 1 heterocycles. The molecule has 0 bridgehead atoms. The molecule has 0 saturated heterocycles. The van der Waals surface area contributed by atoms with Crippen LogP contribution in [0.2, 0.25) is 5.02 Å². The van der Waals surface area contributed by atoms with Gasteiger partial charge in [0.25, 0.3) is 0 Å². The van der Waals surface area contributed by atoms with Crippen molar-refractivity contribution in [2.75, 3.05) is 0 Å². The van der Waals surface area contributed by atoms with Gasteiger partial charge in [0.15, 0.2) is 0 Å². The lowest BCUT2D eigenvalue weighted by molar-refractivity contribution is -0.107. The first-order valence-electron chi connectivity index (χ1n) is 8.54. The van der Waals surface area contributed by atoms with Crippen molar-refractivity contribution >= 4 is 11.6 Å². The van der Waals surface area contributed by atoms with Gasteiger partial charge in [-0.05, 0) is 48.8 Å². The molecule has 23 heavy (non-hydrogen) atoms. The zero-order valence-electron chi connectivity index (χ0n) is 13.7. The molecule has 0 aliphatic heterocycles. The third-order valence-corrected chi connectivity index (χ3v) is 5.65. The van der Waals surface area contributed by atoms with Crippen LogP contribution in [0.5, 0.6) is 0 Å². The normalized spacial score (nSPS) is 28.0. The number of rotatable bonds is 5. The van der Waals surface area contributed by atoms with Crippen LogP contribution in [0, 0.1) is 11.8 Å². The minimum absolute atomic E-state index is 0.268. The average molecular weight is 333 g/mol. The summed E-state index contributed by atoms with van der Waals surface area (Å²) in [5, 5.41) is 12.4. The zero-order chi connectivity index (χ0) is 16.3. The van der Waals surface area contributed by atoms with Crippen molar-refractivity contribution in [3.05, 3.63) is 53.6 Å². The van der Waals surface area contributed by atoms with Crippen molar-refractivity contribution in [3.63, 3.8) is 0 Å². The van der Waals surface area contributed by atoms with Gasteiger partial charge in [-0.1, -0.05) is 43.5 Å². The van der Waals surface area contributed by atoms with E-state index in [1.807, 2.05) is 22.9 Å². The number of benzene rings is 1. The van der Waals surface area contributed by atoms with E-state index >= 15 is 0 Å². The number of aromatic nitrogens is 2. The van der Waals surface area contributed by atoms with E-state index < -0.39 is 5.60 Å². The van der Waals surface area contributed by atoms with Crippen molar-refractivity contribution in [2.45, 2.75) is 51.2 Å². The van der Waals surface area contributed by atoms with E-state index in [2.05, 4.69) is 24.0 Å². The maximum atomic E-state index is 11.6. The third-order valence-electron chi connectivity index (χ3n) is 5.40. The number of nitrogens with zero attached hydrogens (tertiary/aromatic N) is 2. The summed E-state index contributed by atoms with van der Waals surface area (Å²) < 4.78 is 2.02. The third kappa shape index (κ3) is 3.61. The van der Waals surface area contributed by atoms with Gasteiger partial charge < -0.3 is 9.67 Å². The van der Waals surface area contributed by atoms with Gasteiger partial charge in [0.2, 0.25) is 0 Å². The number of hydrogen-bond acceptors (Lipinski definition) is 2. The zero-order valence-corrected chi connectivity index (χ0v) is 14.4. The van der Waals surface area contributed by atoms with E-state index in [1.165, 1.54) is 12.0 Å². The molecule has 1 aliphatic carbocycles. The fourth-order valence-electron chi connectivity index (χ4n) is 4.12. The Hall–Kier alpha value is -1.32. The van der Waals surface area contributed by atoms with E-state index in [4.69, 9.17) is 11.6 Å². The first-order valence-corrected chi connectivity index (χ1v) is 8.92. The van der Waals surface area contributed by atoms with Crippen LogP contribution in [-0.4, -0.2) is 20.3 Å². The Kier molecular flexibility index (Phi) is 5.08. The molecular formula is C19H25ClN2O. The number of halogens is 1. The standard InChI is InChI=1S/C19H25ClN2O/c1-2-16-4-3-5-17(12-15-6-8-18(20)9-7-15)19(16,23)13-22-11-10-21-14-22/h6-11,14,16-17,23H,2-5,12-13H2,1H3. The van der Waals surface area contributed by atoms with Gasteiger partial charge in [0.1, 0.15) is 0 Å². The number of aliphatic hydroxyl groups is 1. The summed E-state index contributed by atoms with van der Waals surface area (Å²) in [7, 11) is 0. The molecule has 1 saturated carbocycles. The highest BCUT2D eigenvalue weighted by molar-refractivity contribution is 6.30. The minimum atomic E-state index is -0.673. The minimum Gasteiger partial charge on any atom is -0.387 e. The first kappa shape index (κ1) is 16.5. The van der Waals surface area contributed by atoms with Crippen molar-refractivity contribution < 1.29 is 5.11 Å². The van der Waals surface area contributed by atoms with Crippen molar-refractivity contribution in [2.24, 2.45) is 11.8 Å². The molecule has 1 fully saturated rings. The molecule has 3 atom stereocenters. The summed E-state index contributed by atoms with van der Waals surface area (Å²) in [5.41, 5.74) is 0.577. The fraction of sp³-hybridized carbons (Fsp3) is 0.526. The van der Waals surface area contributed by atoms with Gasteiger partial charge in [-0.15, -0.1) is 0 Å². The predicted molar refractivity (Wildman–Crippen MR) is 93.5 cm³/mol. The summed E-state index contributed by atoms with van der Waals surface area (Å²) in [4.78, 5) is 4.13. The number of hydrogen-bond donors (Lipinski definition) is 1. The van der Waals surface area contributed by atoms with Crippen LogP contribution in [-0.2, 0) is 13.0 Å². The summed E-state index contributed by atoms with van der Waals surface area (Å²) in [6.45, 7) is 2.82. The molecule has 0 spiro atoms. The highest BCUT2D eigenvalue weighted by atomic mass is 35.5. The van der Waals surface area contributed by atoms with Crippen LogP contribution in [0.4, 0.5) is 0 Å². The summed E-state index contributed by atoms with van der Waals surface area (Å²) in [6.07, 6.45) is 10.8. The fourth-order valence-corrected chi connectivity index (χ4v) is 4.24. The second kappa shape index (κ2) is 7.06. The van der Waals surface area contributed by atoms with E-state index in [0.29, 0.717) is 12.5 Å². The molecule has 2 aromatic rings. The SMILES string of the molecule is CCC1CCCC(Cc2ccc(Cl)cc2)C1(O)Cn1ccnc1. The van der Waals surface area contributed by atoms with Gasteiger partial charge in [0.05, 0.1) is 18.5 Å². The number of imidazole rings is 1. The highest BCUT2D eigenvalue weighted by Crippen LogP contribution is 2.43. The molecule has 0 radical (unpaired) electrons. The molecule has 0 amide bonds. The molecule has 3 rings (SSSR count). The van der Waals surface area contributed by atoms with E-state index in [1.54, 1.807) is 12.5 Å². The summed E-state index contributed by atoms with van der Waals surface area (Å²) >= 11 is 5.99.